The maximum Gasteiger partial charge on any atom is 0.124 e. The van der Waals surface area contributed by atoms with Crippen molar-refractivity contribution in [1.82, 2.24) is 9.47 Å². The van der Waals surface area contributed by atoms with E-state index in [1.54, 1.807) is 7.11 Å². The van der Waals surface area contributed by atoms with Crippen LogP contribution in [0, 0.1) is 11.3 Å². The van der Waals surface area contributed by atoms with E-state index in [0.717, 1.165) is 11.3 Å². The highest BCUT2D eigenvalue weighted by atomic mass is 16.5. The first-order chi connectivity index (χ1) is 10.2. The summed E-state index contributed by atoms with van der Waals surface area (Å²) in [5.41, 5.74) is 2.29. The van der Waals surface area contributed by atoms with E-state index in [1.807, 2.05) is 30.5 Å². The quantitative estimate of drug-likeness (QED) is 0.818. The SMILES string of the molecule is COc1ccccc1C(c1cccn1CCC#N)N(C)C. The fraction of sp³-hybridized carbons (Fsp3) is 0.353. The highest BCUT2D eigenvalue weighted by Crippen LogP contribution is 2.33. The number of methoxy groups -OCH3 is 1. The normalized spacial score (nSPS) is 12.1. The lowest BCUT2D eigenvalue weighted by Gasteiger charge is -2.27. The van der Waals surface area contributed by atoms with Gasteiger partial charge in [0, 0.05) is 24.0 Å². The number of aromatic nitrogens is 1. The van der Waals surface area contributed by atoms with E-state index in [2.05, 4.69) is 41.8 Å². The van der Waals surface area contributed by atoms with Gasteiger partial charge in [0.2, 0.25) is 0 Å². The molecule has 0 aliphatic rings. The fourth-order valence-corrected chi connectivity index (χ4v) is 2.64. The molecule has 0 fully saturated rings. The minimum Gasteiger partial charge on any atom is -0.496 e. The molecule has 1 aromatic heterocycles. The van der Waals surface area contributed by atoms with Crippen LogP contribution in [0.15, 0.2) is 42.6 Å². The number of nitrogens with zero attached hydrogens (tertiary/aromatic N) is 3. The zero-order chi connectivity index (χ0) is 15.2. The number of ether oxygens (including phenoxy) is 1. The molecule has 0 radical (unpaired) electrons. The van der Waals surface area contributed by atoms with Gasteiger partial charge in [-0.1, -0.05) is 18.2 Å². The molecule has 2 rings (SSSR count). The van der Waals surface area contributed by atoms with Crippen molar-refractivity contribution in [1.29, 1.82) is 5.26 Å². The predicted octanol–water partition coefficient (Wildman–Crippen LogP) is 3.06. The van der Waals surface area contributed by atoms with Crippen LogP contribution < -0.4 is 4.74 Å². The number of nitriles is 1. The highest BCUT2D eigenvalue weighted by Gasteiger charge is 2.22. The van der Waals surface area contributed by atoms with Gasteiger partial charge in [-0.25, -0.2) is 0 Å². The van der Waals surface area contributed by atoms with Crippen molar-refractivity contribution < 1.29 is 4.74 Å². The number of hydrogen-bond donors (Lipinski definition) is 0. The van der Waals surface area contributed by atoms with Gasteiger partial charge < -0.3 is 9.30 Å². The molecule has 0 amide bonds. The van der Waals surface area contributed by atoms with Gasteiger partial charge in [0.1, 0.15) is 5.75 Å². The van der Waals surface area contributed by atoms with Crippen LogP contribution >= 0.6 is 0 Å². The third kappa shape index (κ3) is 3.26. The summed E-state index contributed by atoms with van der Waals surface area (Å²) in [4.78, 5) is 2.16. The van der Waals surface area contributed by atoms with Crippen LogP contribution in [0.4, 0.5) is 0 Å². The number of rotatable bonds is 6. The highest BCUT2D eigenvalue weighted by molar-refractivity contribution is 5.40. The molecular weight excluding hydrogens is 262 g/mol. The number of para-hydroxylation sites is 1. The topological polar surface area (TPSA) is 41.2 Å². The zero-order valence-electron chi connectivity index (χ0n) is 12.8. The van der Waals surface area contributed by atoms with Crippen molar-refractivity contribution >= 4 is 0 Å². The molecule has 0 saturated carbocycles. The van der Waals surface area contributed by atoms with Crippen molar-refractivity contribution in [2.75, 3.05) is 21.2 Å². The summed E-state index contributed by atoms with van der Waals surface area (Å²) in [6.45, 7) is 0.707. The predicted molar refractivity (Wildman–Crippen MR) is 83.2 cm³/mol. The fourth-order valence-electron chi connectivity index (χ4n) is 2.64. The monoisotopic (exact) mass is 283 g/mol. The lowest BCUT2D eigenvalue weighted by molar-refractivity contribution is 0.315. The Morgan fingerprint density at radius 3 is 2.67 bits per heavy atom. The summed E-state index contributed by atoms with van der Waals surface area (Å²) in [5, 5.41) is 8.81. The Labute approximate surface area is 126 Å². The molecule has 0 spiro atoms. The van der Waals surface area contributed by atoms with E-state index in [4.69, 9.17) is 10.00 Å². The van der Waals surface area contributed by atoms with Crippen molar-refractivity contribution in [3.63, 3.8) is 0 Å². The molecule has 0 saturated heterocycles. The Bertz CT molecular complexity index is 625. The van der Waals surface area contributed by atoms with Gasteiger partial charge >= 0.3 is 0 Å². The molecule has 0 aliphatic heterocycles. The van der Waals surface area contributed by atoms with Crippen LogP contribution in [0.25, 0.3) is 0 Å². The maximum atomic E-state index is 8.81. The molecule has 110 valence electrons. The van der Waals surface area contributed by atoms with Crippen LogP contribution in [0.1, 0.15) is 23.7 Å². The van der Waals surface area contributed by atoms with Gasteiger partial charge in [0.25, 0.3) is 0 Å². The molecule has 1 heterocycles. The molecule has 0 N–H and O–H groups in total. The molecule has 1 unspecified atom stereocenters. The lowest BCUT2D eigenvalue weighted by atomic mass is 10.0. The van der Waals surface area contributed by atoms with Crippen LogP contribution in [-0.2, 0) is 6.54 Å². The summed E-state index contributed by atoms with van der Waals surface area (Å²) in [6, 6.07) is 14.5. The molecular formula is C17H21N3O. The van der Waals surface area contributed by atoms with Gasteiger partial charge in [-0.05, 0) is 32.3 Å². The molecule has 4 heteroatoms. The van der Waals surface area contributed by atoms with E-state index in [-0.39, 0.29) is 6.04 Å². The van der Waals surface area contributed by atoms with Crippen LogP contribution in [0.3, 0.4) is 0 Å². The lowest BCUT2D eigenvalue weighted by Crippen LogP contribution is -2.24. The van der Waals surface area contributed by atoms with Gasteiger partial charge in [0.05, 0.1) is 25.6 Å². The smallest absolute Gasteiger partial charge is 0.124 e. The molecule has 0 bridgehead atoms. The second kappa shape index (κ2) is 6.96. The van der Waals surface area contributed by atoms with E-state index in [9.17, 15) is 0 Å². The second-order valence-corrected chi connectivity index (χ2v) is 5.14. The Balaban J connectivity index is 2.45. The Morgan fingerprint density at radius 2 is 2.00 bits per heavy atom. The summed E-state index contributed by atoms with van der Waals surface area (Å²) >= 11 is 0. The van der Waals surface area contributed by atoms with Crippen LogP contribution in [0.5, 0.6) is 5.75 Å². The van der Waals surface area contributed by atoms with Gasteiger partial charge in [-0.3, -0.25) is 4.90 Å². The first-order valence-electron chi connectivity index (χ1n) is 7.00. The van der Waals surface area contributed by atoms with E-state index >= 15 is 0 Å². The average molecular weight is 283 g/mol. The van der Waals surface area contributed by atoms with E-state index in [0.29, 0.717) is 13.0 Å². The van der Waals surface area contributed by atoms with E-state index < -0.39 is 0 Å². The second-order valence-electron chi connectivity index (χ2n) is 5.14. The first-order valence-corrected chi connectivity index (χ1v) is 7.00. The van der Waals surface area contributed by atoms with Crippen LogP contribution in [-0.4, -0.2) is 30.7 Å². The standard InChI is InChI=1S/C17H21N3O/c1-19(2)17(14-8-4-5-10-16(14)21-3)15-9-6-12-20(15)13-7-11-18/h4-6,8-10,12,17H,7,13H2,1-3H3. The van der Waals surface area contributed by atoms with Crippen molar-refractivity contribution in [3.8, 4) is 11.8 Å². The Kier molecular flexibility index (Phi) is 5.02. The first kappa shape index (κ1) is 15.1. The number of benzene rings is 1. The Morgan fingerprint density at radius 1 is 1.24 bits per heavy atom. The number of hydrogen-bond acceptors (Lipinski definition) is 3. The van der Waals surface area contributed by atoms with Gasteiger partial charge in [-0.15, -0.1) is 0 Å². The molecule has 4 nitrogen and oxygen atoms in total. The van der Waals surface area contributed by atoms with E-state index in [1.165, 1.54) is 5.69 Å². The molecule has 1 aromatic carbocycles. The minimum atomic E-state index is 0.0924. The molecule has 1 atom stereocenters. The molecule has 2 aromatic rings. The third-order valence-electron chi connectivity index (χ3n) is 3.56. The zero-order valence-corrected chi connectivity index (χ0v) is 12.8. The molecule has 0 aliphatic carbocycles. The summed E-state index contributed by atoms with van der Waals surface area (Å²) < 4.78 is 7.65. The summed E-state index contributed by atoms with van der Waals surface area (Å²) in [7, 11) is 5.80. The summed E-state index contributed by atoms with van der Waals surface area (Å²) in [6.07, 6.45) is 2.53. The maximum absolute atomic E-state index is 8.81. The minimum absolute atomic E-state index is 0.0924. The largest absolute Gasteiger partial charge is 0.496 e. The Hall–Kier alpha value is -2.25. The van der Waals surface area contributed by atoms with Crippen LogP contribution in [0.2, 0.25) is 0 Å². The third-order valence-corrected chi connectivity index (χ3v) is 3.56. The van der Waals surface area contributed by atoms with Crippen molar-refractivity contribution in [2.45, 2.75) is 19.0 Å². The average Bonchev–Trinajstić information content (AvgIpc) is 2.93. The molecule has 21 heavy (non-hydrogen) atoms. The van der Waals surface area contributed by atoms with Gasteiger partial charge in [-0.2, -0.15) is 5.26 Å². The summed E-state index contributed by atoms with van der Waals surface area (Å²) in [5.74, 6) is 0.879. The number of aryl methyl sites for hydroxylation is 1. The van der Waals surface area contributed by atoms with Crippen molar-refractivity contribution in [3.05, 3.63) is 53.9 Å². The van der Waals surface area contributed by atoms with Crippen molar-refractivity contribution in [2.24, 2.45) is 0 Å². The van der Waals surface area contributed by atoms with Gasteiger partial charge in [0.15, 0.2) is 0 Å².